The molecule has 0 radical (unpaired) electrons. The number of allylic oxidation sites excluding steroid dienone is 4. The molecule has 0 saturated carbocycles. The number of rotatable bonds is 19. The molecule has 0 spiro atoms. The Morgan fingerprint density at radius 2 is 0.817 bits per heavy atom. The molecule has 24 nitrogen and oxygen atoms in total. The van der Waals surface area contributed by atoms with Crippen LogP contribution in [-0.4, -0.2) is 238 Å². The monoisotopic (exact) mass is 1470 g/mol. The van der Waals surface area contributed by atoms with Crippen LogP contribution in [0.1, 0.15) is 218 Å². The number of hydrogen-bond donors (Lipinski definition) is 6. The normalized spacial score (nSPS) is 24.9. The first-order valence-corrected chi connectivity index (χ1v) is 37.7. The van der Waals surface area contributed by atoms with E-state index in [1.165, 1.54) is 87.7 Å². The van der Waals surface area contributed by atoms with Gasteiger partial charge in [0.25, 0.3) is 0 Å². The fraction of sp³-hybridized carbons (Fsp3) is 0.787. The predicted molar refractivity (Wildman–Crippen MR) is 415 cm³/mol. The van der Waals surface area contributed by atoms with E-state index in [9.17, 15) is 53.4 Å². The Kier molecular flexibility index (Phi) is 43.5. The third-order valence-electron chi connectivity index (χ3n) is 19.6. The molecule has 0 bridgehead atoms. The van der Waals surface area contributed by atoms with Gasteiger partial charge < -0.3 is 65.8 Å². The minimum absolute atomic E-state index is 0.0229. The average molecular weight is 1470 g/mol. The zero-order chi connectivity index (χ0) is 81.8. The van der Waals surface area contributed by atoms with Gasteiger partial charge in [0.2, 0.25) is 65.0 Å². The molecule has 0 aromatic heterocycles. The first kappa shape index (κ1) is 99.2. The number of aliphatic hydroxyl groups is 2. The van der Waals surface area contributed by atoms with Crippen LogP contribution in [-0.2, 0) is 52.7 Å². The van der Waals surface area contributed by atoms with Crippen LogP contribution in [0.25, 0.3) is 0 Å². The summed E-state index contributed by atoms with van der Waals surface area (Å²) >= 11 is 0. The summed E-state index contributed by atoms with van der Waals surface area (Å²) in [5.41, 5.74) is 0.254. The number of nitrogens with zero attached hydrogens (tertiary/aromatic N) is 7. The van der Waals surface area contributed by atoms with Crippen molar-refractivity contribution in [2.24, 2.45) is 64.1 Å². The molecule has 0 aliphatic carbocycles. The van der Waals surface area contributed by atoms with E-state index in [1.807, 2.05) is 68.4 Å². The van der Waals surface area contributed by atoms with Crippen molar-refractivity contribution in [3.63, 3.8) is 0 Å². The van der Waals surface area contributed by atoms with Crippen LogP contribution in [0, 0.1) is 76.9 Å². The smallest absolute Gasteiger partial charge is 0.246 e. The molecule has 104 heavy (non-hydrogen) atoms. The van der Waals surface area contributed by atoms with E-state index in [1.54, 1.807) is 54.5 Å². The van der Waals surface area contributed by atoms with Gasteiger partial charge in [0.05, 0.1) is 18.8 Å². The molecule has 14 atom stereocenters. The van der Waals surface area contributed by atoms with Crippen LogP contribution in [0.3, 0.4) is 0 Å². The maximum absolute atomic E-state index is 15.1. The van der Waals surface area contributed by atoms with Gasteiger partial charge in [0.1, 0.15) is 60.4 Å². The van der Waals surface area contributed by atoms with Crippen molar-refractivity contribution in [2.75, 3.05) is 55.9 Å². The van der Waals surface area contributed by atoms with Gasteiger partial charge in [0.15, 0.2) is 0 Å². The lowest BCUT2D eigenvalue weighted by Crippen LogP contribution is -2.63. The SMILES string of the molecule is C#C.C/C=C/C[C@@H](C)[C@@H](O)C(C(C)(C)C)C(C)(C)C.C/C=C/C[C@@H](C)[C@@H](O)[C@H]1C(=O)N[C@@H](CC)C(=O)N(C)CC(=O)N(C)[C@@H](CC(C)C)C(=O)N[C@@H](C(C)C)C(=O)N(C)[C@@H](CC(C)C)C(=O)N[C@@H](C)C(=O)N[C@H](C)C(=O)N(C)[C@@H](CC(C)C)C(=O)N(C)[C@@H](CC(C)C)C(=O)N(C)[C@@H](C(C)C)C(=O)N1C. The fourth-order valence-electron chi connectivity index (χ4n) is 13.8. The number of likely N-dealkylation sites (N-methyl/N-ethyl adjacent to an activating group) is 7. The topological polar surface area (TPSA) is 299 Å². The van der Waals surface area contributed by atoms with Crippen LogP contribution in [0.5, 0.6) is 0 Å². The number of carbonyl (C=O) groups excluding carboxylic acids is 11. The summed E-state index contributed by atoms with van der Waals surface area (Å²) < 4.78 is 0. The van der Waals surface area contributed by atoms with Gasteiger partial charge in [-0.15, -0.1) is 12.8 Å². The summed E-state index contributed by atoms with van der Waals surface area (Å²) in [6.45, 7) is 46.9. The van der Waals surface area contributed by atoms with Gasteiger partial charge in [-0.05, 0) is 137 Å². The molecule has 24 heteroatoms. The largest absolute Gasteiger partial charge is 0.393 e. The third-order valence-corrected chi connectivity index (χ3v) is 19.6. The first-order valence-electron chi connectivity index (χ1n) is 37.7. The zero-order valence-corrected chi connectivity index (χ0v) is 70.3. The van der Waals surface area contributed by atoms with Crippen LogP contribution in [0.15, 0.2) is 24.3 Å². The molecule has 0 aromatic rings. The van der Waals surface area contributed by atoms with E-state index < -0.39 is 156 Å². The molecule has 1 saturated heterocycles. The number of hydrogen-bond acceptors (Lipinski definition) is 13. The van der Waals surface area contributed by atoms with Crippen molar-refractivity contribution >= 4 is 65.0 Å². The Morgan fingerprint density at radius 3 is 1.22 bits per heavy atom. The Labute approximate surface area is 628 Å². The standard InChI is InChI=1S/C62H111N11O12.C16H32O.C2H2/c1-25-27-28-40(15)52(75)51-56(79)65-43(26-2)58(81)67(18)33-48(74)68(19)44(29-34(3)4)55(78)66-49(38(11)12)61(84)69(20)45(30-35(5)6)54(77)63-41(16)53(76)64-42(17)57(80)70(21)46(31-36(7)8)59(82)71(22)47(32-37(9)10)60(83)72(23)50(39(13)14)62(85)73(51)24;1-9-10-11-12(2)13(17)14(15(3,4)5)16(6,7)8;1-2/h25,27,34-47,49-52,75H,26,28-33H2,1-24H3,(H,63,77)(H,64,76)(H,65,79)(H,66,78);9-10,12-14,17H,11H2,1-8H3;1-2H/b27-25+;10-9+;/t40-,41+,42-,43+,44+,45+,46+,47+,49+,50+,51+,52-;12-,13-;/m11./s1. The molecule has 6 N–H and O–H groups in total. The molecule has 1 fully saturated rings. The minimum Gasteiger partial charge on any atom is -0.393 e. The van der Waals surface area contributed by atoms with E-state index in [2.05, 4.69) is 94.7 Å². The van der Waals surface area contributed by atoms with Gasteiger partial charge >= 0.3 is 0 Å². The number of nitrogens with one attached hydrogen (secondary N) is 4. The molecule has 0 aromatic carbocycles. The van der Waals surface area contributed by atoms with Crippen molar-refractivity contribution in [2.45, 2.75) is 291 Å². The van der Waals surface area contributed by atoms with Gasteiger partial charge in [-0.1, -0.05) is 170 Å². The number of terminal acetylenes is 1. The number of carbonyl (C=O) groups is 11. The lowest BCUT2D eigenvalue weighted by atomic mass is 9.62. The molecule has 0 unspecified atom stereocenters. The highest BCUT2D eigenvalue weighted by atomic mass is 16.3. The Morgan fingerprint density at radius 1 is 0.442 bits per heavy atom. The quantitative estimate of drug-likeness (QED) is 0.0526. The molecule has 1 heterocycles. The zero-order valence-electron chi connectivity index (χ0n) is 70.3. The number of amides is 11. The summed E-state index contributed by atoms with van der Waals surface area (Å²) in [5.74, 6) is -9.09. The van der Waals surface area contributed by atoms with E-state index in [4.69, 9.17) is 0 Å². The second-order valence-corrected chi connectivity index (χ2v) is 33.6. The van der Waals surface area contributed by atoms with Gasteiger partial charge in [-0.25, -0.2) is 0 Å². The minimum atomic E-state index is -1.61. The van der Waals surface area contributed by atoms with E-state index in [-0.39, 0.29) is 72.7 Å². The van der Waals surface area contributed by atoms with E-state index in [0.717, 1.165) is 16.2 Å². The van der Waals surface area contributed by atoms with Crippen LogP contribution in [0.4, 0.5) is 0 Å². The molecular formula is C80H145N11O13. The van der Waals surface area contributed by atoms with Crippen LogP contribution in [0.2, 0.25) is 0 Å². The van der Waals surface area contributed by atoms with Gasteiger partial charge in [0, 0.05) is 49.3 Å². The Balaban J connectivity index is 0. The van der Waals surface area contributed by atoms with Crippen molar-refractivity contribution in [1.29, 1.82) is 0 Å². The summed E-state index contributed by atoms with van der Waals surface area (Å²) in [7, 11) is 9.92. The molecule has 598 valence electrons. The Bertz CT molecular complexity index is 2830. The number of aliphatic hydroxyl groups excluding tert-OH is 2. The molecule has 1 rings (SSSR count). The van der Waals surface area contributed by atoms with Gasteiger partial charge in [-0.2, -0.15) is 0 Å². The molecular weight excluding hydrogens is 1320 g/mol. The summed E-state index contributed by atoms with van der Waals surface area (Å²) in [6, 6.07) is -12.3. The molecule has 1 aliphatic rings. The maximum Gasteiger partial charge on any atom is 0.246 e. The maximum atomic E-state index is 15.1. The second-order valence-electron chi connectivity index (χ2n) is 33.6. The lowest BCUT2D eigenvalue weighted by molar-refractivity contribution is -0.157. The first-order chi connectivity index (χ1) is 47.7. The highest BCUT2D eigenvalue weighted by Gasteiger charge is 2.47. The lowest BCUT2D eigenvalue weighted by Gasteiger charge is -2.45. The summed E-state index contributed by atoms with van der Waals surface area (Å²) in [5, 5.41) is 33.7. The summed E-state index contributed by atoms with van der Waals surface area (Å²) in [6.07, 6.45) is 16.0. The van der Waals surface area contributed by atoms with Crippen molar-refractivity contribution < 1.29 is 63.0 Å². The van der Waals surface area contributed by atoms with Crippen LogP contribution < -0.4 is 21.3 Å². The Hall–Kier alpha value is -6.87. The van der Waals surface area contributed by atoms with Gasteiger partial charge in [-0.3, -0.25) is 52.7 Å². The van der Waals surface area contributed by atoms with E-state index >= 15 is 9.59 Å². The fourth-order valence-corrected chi connectivity index (χ4v) is 13.8. The predicted octanol–water partition coefficient (Wildman–Crippen LogP) is 8.18. The third kappa shape index (κ3) is 30.2. The van der Waals surface area contributed by atoms with E-state index in [0.29, 0.717) is 18.3 Å². The molecule has 11 amide bonds. The average Bonchev–Trinajstić information content (AvgIpc) is 0.809. The van der Waals surface area contributed by atoms with Crippen molar-refractivity contribution in [3.05, 3.63) is 24.3 Å². The summed E-state index contributed by atoms with van der Waals surface area (Å²) in [4.78, 5) is 169. The van der Waals surface area contributed by atoms with Crippen LogP contribution >= 0.6 is 0 Å². The van der Waals surface area contributed by atoms with Crippen molar-refractivity contribution in [3.8, 4) is 12.8 Å². The highest BCUT2D eigenvalue weighted by Crippen LogP contribution is 2.44. The second kappa shape index (κ2) is 45.6. The van der Waals surface area contributed by atoms with Crippen molar-refractivity contribution in [1.82, 2.24) is 55.6 Å². The molecule has 1 aliphatic heterocycles. The highest BCUT2D eigenvalue weighted by molar-refractivity contribution is 5.99.